The summed E-state index contributed by atoms with van der Waals surface area (Å²) in [4.78, 5) is 9.63. The number of aromatic nitrogens is 4. The first kappa shape index (κ1) is 11.0. The van der Waals surface area contributed by atoms with E-state index in [9.17, 15) is 0 Å². The monoisotopic (exact) mass is 257 g/mol. The number of nitrogens with two attached hydrogens (primary N) is 1. The van der Waals surface area contributed by atoms with Gasteiger partial charge in [-0.15, -0.1) is 5.10 Å². The first-order chi connectivity index (χ1) is 8.74. The molecule has 0 aliphatic heterocycles. The molecule has 3 N–H and O–H groups in total. The fourth-order valence-corrected chi connectivity index (χ4v) is 2.60. The Balaban J connectivity index is 2.09. The summed E-state index contributed by atoms with van der Waals surface area (Å²) in [6, 6.07) is 7.72. The lowest BCUT2D eigenvalue weighted by atomic mass is 10.2. The van der Waals surface area contributed by atoms with Gasteiger partial charge in [0.05, 0.1) is 11.2 Å². The number of hydrogen-bond acceptors (Lipinski definition) is 5. The Morgan fingerprint density at radius 1 is 1.28 bits per heavy atom. The molecule has 0 radical (unpaired) electrons. The molecule has 0 amide bonds. The first-order valence-electron chi connectivity index (χ1n) is 5.44. The van der Waals surface area contributed by atoms with Crippen molar-refractivity contribution in [2.45, 2.75) is 17.0 Å². The topological polar surface area (TPSA) is 80.5 Å². The minimum absolute atomic E-state index is 0.682. The molecule has 0 spiro atoms. The molecule has 2 aromatic heterocycles. The van der Waals surface area contributed by atoms with Crippen LogP contribution in [0.4, 0.5) is 5.69 Å². The van der Waals surface area contributed by atoms with Crippen LogP contribution >= 0.6 is 11.8 Å². The third-order valence-electron chi connectivity index (χ3n) is 2.54. The van der Waals surface area contributed by atoms with Crippen LogP contribution in [0.2, 0.25) is 0 Å². The van der Waals surface area contributed by atoms with E-state index in [-0.39, 0.29) is 0 Å². The first-order valence-corrected chi connectivity index (χ1v) is 6.26. The van der Waals surface area contributed by atoms with E-state index in [0.717, 1.165) is 21.6 Å². The van der Waals surface area contributed by atoms with Crippen LogP contribution in [-0.2, 0) is 0 Å². The average molecular weight is 257 g/mol. The fraction of sp³-hybridized carbons (Fsp3) is 0.0833. The van der Waals surface area contributed by atoms with E-state index in [1.54, 1.807) is 6.20 Å². The maximum atomic E-state index is 5.91. The van der Waals surface area contributed by atoms with Crippen molar-refractivity contribution in [2.75, 3.05) is 5.73 Å². The van der Waals surface area contributed by atoms with E-state index in [1.165, 1.54) is 11.8 Å². The zero-order valence-electron chi connectivity index (χ0n) is 9.71. The number of fused-ring (bicyclic) bond motifs is 1. The molecule has 6 heteroatoms. The van der Waals surface area contributed by atoms with Gasteiger partial charge in [0.2, 0.25) is 5.16 Å². The zero-order valence-corrected chi connectivity index (χ0v) is 10.5. The van der Waals surface area contributed by atoms with Crippen molar-refractivity contribution in [3.05, 3.63) is 36.3 Å². The lowest BCUT2D eigenvalue weighted by Crippen LogP contribution is -1.90. The summed E-state index contributed by atoms with van der Waals surface area (Å²) in [5.74, 6) is 0.801. The Bertz CT molecular complexity index is 707. The Morgan fingerprint density at radius 3 is 2.94 bits per heavy atom. The Morgan fingerprint density at radius 2 is 2.17 bits per heavy atom. The predicted octanol–water partition coefficient (Wildman–Crippen LogP) is 2.39. The molecule has 0 saturated carbocycles. The molecule has 0 fully saturated rings. The van der Waals surface area contributed by atoms with Gasteiger partial charge in [0.1, 0.15) is 5.82 Å². The summed E-state index contributed by atoms with van der Waals surface area (Å²) >= 11 is 1.50. The van der Waals surface area contributed by atoms with Gasteiger partial charge in [0.15, 0.2) is 0 Å². The van der Waals surface area contributed by atoms with Gasteiger partial charge in [-0.25, -0.2) is 4.98 Å². The molecule has 1 aromatic carbocycles. The number of nitrogens with one attached hydrogen (secondary N) is 1. The molecule has 0 aliphatic carbocycles. The quantitative estimate of drug-likeness (QED) is 0.689. The van der Waals surface area contributed by atoms with Gasteiger partial charge in [0, 0.05) is 16.5 Å². The summed E-state index contributed by atoms with van der Waals surface area (Å²) < 4.78 is 0. The fourth-order valence-electron chi connectivity index (χ4n) is 1.72. The van der Waals surface area contributed by atoms with Crippen molar-refractivity contribution in [1.82, 2.24) is 20.2 Å². The number of benzene rings is 1. The molecule has 0 unspecified atom stereocenters. The molecule has 2 heterocycles. The second kappa shape index (κ2) is 4.30. The highest BCUT2D eigenvalue weighted by molar-refractivity contribution is 7.99. The third kappa shape index (κ3) is 1.91. The van der Waals surface area contributed by atoms with Gasteiger partial charge >= 0.3 is 0 Å². The van der Waals surface area contributed by atoms with E-state index in [0.29, 0.717) is 10.8 Å². The number of aryl methyl sites for hydroxylation is 1. The summed E-state index contributed by atoms with van der Waals surface area (Å²) in [5.41, 5.74) is 7.41. The van der Waals surface area contributed by atoms with Crippen LogP contribution in [0.1, 0.15) is 5.82 Å². The summed E-state index contributed by atoms with van der Waals surface area (Å²) in [5, 5.41) is 8.66. The summed E-state index contributed by atoms with van der Waals surface area (Å²) in [6.07, 6.45) is 1.74. The molecule has 0 saturated heterocycles. The molecule has 0 atom stereocenters. The number of rotatable bonds is 2. The molecular formula is C12H11N5S. The number of anilines is 1. The molecule has 3 rings (SSSR count). The largest absolute Gasteiger partial charge is 0.397 e. The number of nitrogens with zero attached hydrogens (tertiary/aromatic N) is 3. The van der Waals surface area contributed by atoms with Crippen LogP contribution in [0, 0.1) is 6.92 Å². The van der Waals surface area contributed by atoms with Crippen molar-refractivity contribution in [2.24, 2.45) is 0 Å². The summed E-state index contributed by atoms with van der Waals surface area (Å²) in [6.45, 7) is 1.87. The van der Waals surface area contributed by atoms with Gasteiger partial charge in [-0.2, -0.15) is 0 Å². The maximum Gasteiger partial charge on any atom is 0.213 e. The molecule has 18 heavy (non-hydrogen) atoms. The Kier molecular flexibility index (Phi) is 2.64. The van der Waals surface area contributed by atoms with Gasteiger partial charge in [-0.1, -0.05) is 6.07 Å². The highest BCUT2D eigenvalue weighted by Crippen LogP contribution is 2.33. The molecule has 90 valence electrons. The van der Waals surface area contributed by atoms with Crippen LogP contribution in [0.5, 0.6) is 0 Å². The van der Waals surface area contributed by atoms with Gasteiger partial charge in [-0.3, -0.25) is 10.1 Å². The highest BCUT2D eigenvalue weighted by Gasteiger charge is 2.08. The zero-order chi connectivity index (χ0) is 12.5. The standard InChI is InChI=1S/C12H11N5S/c1-7-15-12(17-16-7)18-10-5-4-9(13)11-8(10)3-2-6-14-11/h2-6H,13H2,1H3,(H,15,16,17). The Hall–Kier alpha value is -2.08. The lowest BCUT2D eigenvalue weighted by molar-refractivity contribution is 0.970. The molecular weight excluding hydrogens is 246 g/mol. The van der Waals surface area contributed by atoms with Gasteiger partial charge < -0.3 is 5.73 Å². The second-order valence-electron chi connectivity index (χ2n) is 3.86. The van der Waals surface area contributed by atoms with E-state index in [1.807, 2.05) is 31.2 Å². The van der Waals surface area contributed by atoms with E-state index < -0.39 is 0 Å². The number of hydrogen-bond donors (Lipinski definition) is 2. The van der Waals surface area contributed by atoms with E-state index in [4.69, 9.17) is 5.73 Å². The number of H-pyrrole nitrogens is 1. The van der Waals surface area contributed by atoms with E-state index >= 15 is 0 Å². The van der Waals surface area contributed by atoms with Crippen LogP contribution in [0.15, 0.2) is 40.5 Å². The average Bonchev–Trinajstić information content (AvgIpc) is 2.79. The molecule has 3 aromatic rings. The number of aromatic amines is 1. The van der Waals surface area contributed by atoms with Crippen LogP contribution < -0.4 is 5.73 Å². The van der Waals surface area contributed by atoms with Crippen LogP contribution in [0.25, 0.3) is 10.9 Å². The summed E-state index contributed by atoms with van der Waals surface area (Å²) in [7, 11) is 0. The minimum atomic E-state index is 0.682. The highest BCUT2D eigenvalue weighted by atomic mass is 32.2. The normalized spacial score (nSPS) is 10.9. The van der Waals surface area contributed by atoms with Crippen molar-refractivity contribution < 1.29 is 0 Å². The van der Waals surface area contributed by atoms with Gasteiger partial charge in [0.25, 0.3) is 0 Å². The van der Waals surface area contributed by atoms with Crippen LogP contribution in [0.3, 0.4) is 0 Å². The molecule has 0 aliphatic rings. The Labute approximate surface area is 108 Å². The minimum Gasteiger partial charge on any atom is -0.397 e. The lowest BCUT2D eigenvalue weighted by Gasteiger charge is -2.05. The second-order valence-corrected chi connectivity index (χ2v) is 4.87. The van der Waals surface area contributed by atoms with Gasteiger partial charge in [-0.05, 0) is 36.9 Å². The molecule has 0 bridgehead atoms. The molecule has 5 nitrogen and oxygen atoms in total. The smallest absolute Gasteiger partial charge is 0.213 e. The van der Waals surface area contributed by atoms with Crippen LogP contribution in [-0.4, -0.2) is 20.2 Å². The predicted molar refractivity (Wildman–Crippen MR) is 71.4 cm³/mol. The number of pyridine rings is 1. The van der Waals surface area contributed by atoms with Crippen molar-refractivity contribution in [3.63, 3.8) is 0 Å². The van der Waals surface area contributed by atoms with Crippen molar-refractivity contribution in [1.29, 1.82) is 0 Å². The van der Waals surface area contributed by atoms with E-state index in [2.05, 4.69) is 20.2 Å². The van der Waals surface area contributed by atoms with Crippen molar-refractivity contribution in [3.8, 4) is 0 Å². The number of nitrogen functional groups attached to an aromatic ring is 1. The van der Waals surface area contributed by atoms with Crippen molar-refractivity contribution >= 4 is 28.4 Å². The third-order valence-corrected chi connectivity index (χ3v) is 3.48. The SMILES string of the molecule is Cc1nc(Sc2ccc(N)c3ncccc23)n[nH]1. The maximum absolute atomic E-state index is 5.91.